The summed E-state index contributed by atoms with van der Waals surface area (Å²) in [6, 6.07) is 7.25. The Morgan fingerprint density at radius 2 is 1.64 bits per heavy atom. The second-order valence-electron chi connectivity index (χ2n) is 5.64. The van der Waals surface area contributed by atoms with Gasteiger partial charge in [-0.25, -0.2) is 0 Å². The van der Waals surface area contributed by atoms with E-state index in [0.29, 0.717) is 49.2 Å². The molecular formula is C18H22N2O5. The van der Waals surface area contributed by atoms with Gasteiger partial charge in [0.1, 0.15) is 0 Å². The number of piperazine rings is 1. The first-order chi connectivity index (χ1) is 12.2. The minimum absolute atomic E-state index is 0.0745. The molecule has 1 aliphatic rings. The minimum Gasteiger partial charge on any atom is -0.493 e. The van der Waals surface area contributed by atoms with Gasteiger partial charge in [0.25, 0.3) is 5.91 Å². The van der Waals surface area contributed by atoms with E-state index in [1.54, 1.807) is 38.4 Å². The fourth-order valence-corrected chi connectivity index (χ4v) is 2.97. The van der Waals surface area contributed by atoms with Crippen molar-refractivity contribution >= 4 is 11.6 Å². The van der Waals surface area contributed by atoms with Crippen LogP contribution in [0.5, 0.6) is 17.2 Å². The van der Waals surface area contributed by atoms with Crippen LogP contribution in [0.2, 0.25) is 0 Å². The maximum atomic E-state index is 12.3. The second kappa shape index (κ2) is 7.38. The lowest BCUT2D eigenvalue weighted by Crippen LogP contribution is -2.48. The van der Waals surface area contributed by atoms with E-state index < -0.39 is 0 Å². The zero-order valence-electron chi connectivity index (χ0n) is 14.7. The van der Waals surface area contributed by atoms with E-state index in [9.17, 15) is 4.79 Å². The number of methoxy groups -OCH3 is 3. The van der Waals surface area contributed by atoms with Gasteiger partial charge in [-0.15, -0.1) is 0 Å². The molecule has 0 atom stereocenters. The Hall–Kier alpha value is -2.83. The Morgan fingerprint density at radius 1 is 1.00 bits per heavy atom. The number of benzene rings is 1. The number of carbonyl (C=O) groups is 1. The molecule has 7 heteroatoms. The van der Waals surface area contributed by atoms with Crippen LogP contribution in [0.3, 0.4) is 0 Å². The van der Waals surface area contributed by atoms with Crippen LogP contribution in [0.15, 0.2) is 34.9 Å². The monoisotopic (exact) mass is 346 g/mol. The summed E-state index contributed by atoms with van der Waals surface area (Å²) in [6.45, 7) is 2.67. The van der Waals surface area contributed by atoms with Gasteiger partial charge in [-0.2, -0.15) is 0 Å². The summed E-state index contributed by atoms with van der Waals surface area (Å²) in [5.41, 5.74) is 0.972. The summed E-state index contributed by atoms with van der Waals surface area (Å²) < 4.78 is 21.4. The van der Waals surface area contributed by atoms with E-state index in [4.69, 9.17) is 18.6 Å². The zero-order valence-corrected chi connectivity index (χ0v) is 14.7. The Kier molecular flexibility index (Phi) is 5.02. The van der Waals surface area contributed by atoms with Crippen molar-refractivity contribution in [3.8, 4) is 17.2 Å². The second-order valence-corrected chi connectivity index (χ2v) is 5.64. The number of furan rings is 1. The highest BCUT2D eigenvalue weighted by Crippen LogP contribution is 2.41. The molecule has 0 bridgehead atoms. The van der Waals surface area contributed by atoms with Gasteiger partial charge in [0.2, 0.25) is 5.75 Å². The molecule has 2 heterocycles. The maximum Gasteiger partial charge on any atom is 0.289 e. The predicted molar refractivity (Wildman–Crippen MR) is 92.9 cm³/mol. The van der Waals surface area contributed by atoms with Crippen LogP contribution >= 0.6 is 0 Å². The van der Waals surface area contributed by atoms with Crippen LogP contribution in [0.25, 0.3) is 0 Å². The predicted octanol–water partition coefficient (Wildman–Crippen LogP) is 2.27. The molecule has 1 amide bonds. The van der Waals surface area contributed by atoms with Crippen molar-refractivity contribution in [3.05, 3.63) is 36.3 Å². The van der Waals surface area contributed by atoms with Crippen LogP contribution in [0.1, 0.15) is 10.6 Å². The molecule has 1 aromatic heterocycles. The highest BCUT2D eigenvalue weighted by molar-refractivity contribution is 5.91. The zero-order chi connectivity index (χ0) is 17.8. The van der Waals surface area contributed by atoms with Gasteiger partial charge in [0.15, 0.2) is 17.3 Å². The quantitative estimate of drug-likeness (QED) is 0.827. The third-order valence-corrected chi connectivity index (χ3v) is 4.31. The fourth-order valence-electron chi connectivity index (χ4n) is 2.97. The molecule has 1 fully saturated rings. The Morgan fingerprint density at radius 3 is 2.12 bits per heavy atom. The van der Waals surface area contributed by atoms with Gasteiger partial charge in [0, 0.05) is 44.0 Å². The summed E-state index contributed by atoms with van der Waals surface area (Å²) in [4.78, 5) is 16.3. The number of amides is 1. The number of hydrogen-bond acceptors (Lipinski definition) is 6. The van der Waals surface area contributed by atoms with E-state index in [1.165, 1.54) is 6.26 Å². The highest BCUT2D eigenvalue weighted by atomic mass is 16.5. The van der Waals surface area contributed by atoms with E-state index in [0.717, 1.165) is 5.69 Å². The third kappa shape index (κ3) is 3.35. The molecule has 0 radical (unpaired) electrons. The fraction of sp³-hybridized carbons (Fsp3) is 0.389. The van der Waals surface area contributed by atoms with Crippen LogP contribution < -0.4 is 19.1 Å². The SMILES string of the molecule is COc1cc(N2CCN(C(=O)c3ccco3)CC2)cc(OC)c1OC. The van der Waals surface area contributed by atoms with E-state index in [2.05, 4.69) is 4.90 Å². The first-order valence-electron chi connectivity index (χ1n) is 8.05. The smallest absolute Gasteiger partial charge is 0.289 e. The molecule has 0 aliphatic carbocycles. The topological polar surface area (TPSA) is 64.4 Å². The van der Waals surface area contributed by atoms with Crippen molar-refractivity contribution in [1.82, 2.24) is 4.90 Å². The molecule has 1 aliphatic heterocycles. The molecule has 0 saturated carbocycles. The van der Waals surface area contributed by atoms with Crippen molar-refractivity contribution in [2.45, 2.75) is 0 Å². The Labute approximate surface area is 146 Å². The first kappa shape index (κ1) is 17.0. The Balaban J connectivity index is 1.73. The molecule has 3 rings (SSSR count). The lowest BCUT2D eigenvalue weighted by Gasteiger charge is -2.36. The lowest BCUT2D eigenvalue weighted by molar-refractivity contribution is 0.0714. The summed E-state index contributed by atoms with van der Waals surface area (Å²) in [5.74, 6) is 2.10. The molecule has 134 valence electrons. The van der Waals surface area contributed by atoms with Gasteiger partial charge in [-0.1, -0.05) is 0 Å². The molecule has 1 saturated heterocycles. The molecule has 0 N–H and O–H groups in total. The number of ether oxygens (including phenoxy) is 3. The molecule has 25 heavy (non-hydrogen) atoms. The highest BCUT2D eigenvalue weighted by Gasteiger charge is 2.25. The third-order valence-electron chi connectivity index (χ3n) is 4.31. The first-order valence-corrected chi connectivity index (χ1v) is 8.05. The van der Waals surface area contributed by atoms with Gasteiger partial charge >= 0.3 is 0 Å². The van der Waals surface area contributed by atoms with Gasteiger partial charge in [-0.3, -0.25) is 4.79 Å². The van der Waals surface area contributed by atoms with E-state index >= 15 is 0 Å². The van der Waals surface area contributed by atoms with Crippen LogP contribution in [-0.2, 0) is 0 Å². The summed E-state index contributed by atoms with van der Waals surface area (Å²) in [6.07, 6.45) is 1.51. The summed E-state index contributed by atoms with van der Waals surface area (Å²) in [5, 5.41) is 0. The van der Waals surface area contributed by atoms with Crippen molar-refractivity contribution in [3.63, 3.8) is 0 Å². The van der Waals surface area contributed by atoms with Crippen LogP contribution in [-0.4, -0.2) is 58.3 Å². The molecule has 1 aromatic carbocycles. The number of nitrogens with zero attached hydrogens (tertiary/aromatic N) is 2. The minimum atomic E-state index is -0.0745. The molecule has 7 nitrogen and oxygen atoms in total. The number of anilines is 1. The average molecular weight is 346 g/mol. The van der Waals surface area contributed by atoms with Crippen molar-refractivity contribution < 1.29 is 23.4 Å². The van der Waals surface area contributed by atoms with Crippen molar-refractivity contribution in [2.24, 2.45) is 0 Å². The summed E-state index contributed by atoms with van der Waals surface area (Å²) >= 11 is 0. The van der Waals surface area contributed by atoms with Gasteiger partial charge < -0.3 is 28.4 Å². The maximum absolute atomic E-state index is 12.3. The summed E-state index contributed by atoms with van der Waals surface area (Å²) in [7, 11) is 4.78. The van der Waals surface area contributed by atoms with Crippen molar-refractivity contribution in [1.29, 1.82) is 0 Å². The number of carbonyl (C=O) groups excluding carboxylic acids is 1. The van der Waals surface area contributed by atoms with Gasteiger partial charge in [0.05, 0.1) is 27.6 Å². The van der Waals surface area contributed by atoms with E-state index in [1.807, 2.05) is 12.1 Å². The van der Waals surface area contributed by atoms with Crippen molar-refractivity contribution in [2.75, 3.05) is 52.4 Å². The van der Waals surface area contributed by atoms with E-state index in [-0.39, 0.29) is 5.91 Å². The normalized spacial score (nSPS) is 14.4. The van der Waals surface area contributed by atoms with Crippen LogP contribution in [0, 0.1) is 0 Å². The average Bonchev–Trinajstić information content (AvgIpc) is 3.21. The largest absolute Gasteiger partial charge is 0.493 e. The lowest BCUT2D eigenvalue weighted by atomic mass is 10.2. The standard InChI is InChI=1S/C18H22N2O5/c1-22-15-11-13(12-16(23-2)17(15)24-3)19-6-8-20(9-7-19)18(21)14-5-4-10-25-14/h4-5,10-12H,6-9H2,1-3H3. The molecule has 0 unspecified atom stereocenters. The molecule has 0 spiro atoms. The molecular weight excluding hydrogens is 324 g/mol. The number of rotatable bonds is 5. The van der Waals surface area contributed by atoms with Crippen LogP contribution in [0.4, 0.5) is 5.69 Å². The Bertz CT molecular complexity index is 696. The molecule has 2 aromatic rings. The number of hydrogen-bond donors (Lipinski definition) is 0. The van der Waals surface area contributed by atoms with Gasteiger partial charge in [-0.05, 0) is 12.1 Å².